The fourth-order valence-electron chi connectivity index (χ4n) is 2.65. The molecule has 0 atom stereocenters. The predicted octanol–water partition coefficient (Wildman–Crippen LogP) is 6.49. The highest BCUT2D eigenvalue weighted by atomic mass is 16.1. The zero-order chi connectivity index (χ0) is 16.6. The molecule has 0 aliphatic heterocycles. The molecule has 0 fully saturated rings. The number of carbonyl (C=O) groups is 1. The van der Waals surface area contributed by atoms with Crippen molar-refractivity contribution >= 4 is 11.6 Å². The molecule has 1 N–H and O–H groups in total. The van der Waals surface area contributed by atoms with Gasteiger partial charge >= 0.3 is 0 Å². The number of carbonyl (C=O) groups excluding carboxylic acids is 1. The summed E-state index contributed by atoms with van der Waals surface area (Å²) >= 11 is 0. The Morgan fingerprint density at radius 3 is 2.04 bits per heavy atom. The Kier molecular flexibility index (Phi) is 11.9. The number of anilines is 1. The summed E-state index contributed by atoms with van der Waals surface area (Å²) in [5.41, 5.74) is 0.848. The van der Waals surface area contributed by atoms with E-state index < -0.39 is 0 Å². The Morgan fingerprint density at radius 2 is 1.43 bits per heavy atom. The highest BCUT2D eigenvalue weighted by Crippen LogP contribution is 2.11. The molecule has 1 rings (SSSR count). The highest BCUT2D eigenvalue weighted by molar-refractivity contribution is 5.99. The van der Waals surface area contributed by atoms with Gasteiger partial charge < -0.3 is 5.32 Å². The van der Waals surface area contributed by atoms with Crippen LogP contribution in [0.25, 0.3) is 0 Å². The molecule has 0 bridgehead atoms. The van der Waals surface area contributed by atoms with E-state index in [2.05, 4.69) is 12.2 Å². The lowest BCUT2D eigenvalue weighted by Gasteiger charge is -2.02. The van der Waals surface area contributed by atoms with Gasteiger partial charge in [-0.1, -0.05) is 89.0 Å². The topological polar surface area (TPSA) is 29.1 Å². The Labute approximate surface area is 142 Å². The van der Waals surface area contributed by atoms with E-state index in [0.29, 0.717) is 0 Å². The molecule has 0 heterocycles. The van der Waals surface area contributed by atoms with Gasteiger partial charge in [0.25, 0.3) is 0 Å². The quantitative estimate of drug-likeness (QED) is 0.327. The van der Waals surface area contributed by atoms with Crippen molar-refractivity contribution < 1.29 is 4.79 Å². The minimum absolute atomic E-state index is 0.0386. The third-order valence-corrected chi connectivity index (χ3v) is 4.03. The normalized spacial score (nSPS) is 11.0. The number of allylic oxidation sites excluding steroid dienone is 1. The lowest BCUT2D eigenvalue weighted by Crippen LogP contribution is -2.07. The van der Waals surface area contributed by atoms with Crippen molar-refractivity contribution in [1.29, 1.82) is 0 Å². The molecule has 1 aromatic carbocycles. The number of amides is 1. The van der Waals surface area contributed by atoms with Gasteiger partial charge in [-0.25, -0.2) is 0 Å². The third-order valence-electron chi connectivity index (χ3n) is 4.03. The van der Waals surface area contributed by atoms with Crippen LogP contribution in [0.5, 0.6) is 0 Å². The van der Waals surface area contributed by atoms with E-state index >= 15 is 0 Å². The summed E-state index contributed by atoms with van der Waals surface area (Å²) in [5, 5.41) is 2.86. The molecule has 1 amide bonds. The van der Waals surface area contributed by atoms with Gasteiger partial charge in [0.05, 0.1) is 0 Å². The van der Waals surface area contributed by atoms with Crippen molar-refractivity contribution in [2.45, 2.75) is 77.6 Å². The van der Waals surface area contributed by atoms with E-state index in [1.807, 2.05) is 36.4 Å². The van der Waals surface area contributed by atoms with Crippen LogP contribution in [0.4, 0.5) is 5.69 Å². The number of rotatable bonds is 13. The van der Waals surface area contributed by atoms with Crippen LogP contribution in [-0.4, -0.2) is 5.91 Å². The van der Waals surface area contributed by atoms with Crippen LogP contribution in [0, 0.1) is 0 Å². The van der Waals surface area contributed by atoms with Crippen LogP contribution in [0.2, 0.25) is 0 Å². The molecular weight excluding hydrogens is 282 g/mol. The summed E-state index contributed by atoms with van der Waals surface area (Å²) in [6, 6.07) is 9.57. The first-order valence-corrected chi connectivity index (χ1v) is 9.35. The fourth-order valence-corrected chi connectivity index (χ4v) is 2.65. The Hall–Kier alpha value is -1.57. The Balaban J connectivity index is 1.91. The largest absolute Gasteiger partial charge is 0.323 e. The van der Waals surface area contributed by atoms with Crippen molar-refractivity contribution in [2.75, 3.05) is 5.32 Å². The van der Waals surface area contributed by atoms with Crippen LogP contribution in [0.1, 0.15) is 77.6 Å². The Bertz CT molecular complexity index is 425. The van der Waals surface area contributed by atoms with Gasteiger partial charge in [-0.2, -0.15) is 0 Å². The molecular formula is C21H33NO. The minimum atomic E-state index is -0.0386. The van der Waals surface area contributed by atoms with Gasteiger partial charge in [0.15, 0.2) is 0 Å². The van der Waals surface area contributed by atoms with E-state index in [9.17, 15) is 4.79 Å². The average Bonchev–Trinajstić information content (AvgIpc) is 2.57. The molecule has 0 spiro atoms. The number of para-hydroxylation sites is 1. The first kappa shape index (κ1) is 19.5. The summed E-state index contributed by atoms with van der Waals surface area (Å²) in [7, 11) is 0. The summed E-state index contributed by atoms with van der Waals surface area (Å²) in [4.78, 5) is 11.7. The van der Waals surface area contributed by atoms with Crippen LogP contribution in [0.3, 0.4) is 0 Å². The van der Waals surface area contributed by atoms with Crippen LogP contribution in [0.15, 0.2) is 42.5 Å². The second kappa shape index (κ2) is 14.0. The van der Waals surface area contributed by atoms with Crippen LogP contribution in [-0.2, 0) is 4.79 Å². The standard InChI is InChI=1S/C21H33NO/c1-2-3-4-5-6-7-8-9-10-11-12-16-19-21(23)22-20-17-14-13-15-18-20/h13-19H,2-12H2,1H3,(H,22,23). The summed E-state index contributed by atoms with van der Waals surface area (Å²) < 4.78 is 0. The van der Waals surface area contributed by atoms with Gasteiger partial charge in [-0.15, -0.1) is 0 Å². The maximum atomic E-state index is 11.7. The zero-order valence-corrected chi connectivity index (χ0v) is 14.7. The van der Waals surface area contributed by atoms with Gasteiger partial charge in [0.1, 0.15) is 0 Å². The highest BCUT2D eigenvalue weighted by Gasteiger charge is 1.96. The van der Waals surface area contributed by atoms with E-state index in [1.165, 1.54) is 64.2 Å². The van der Waals surface area contributed by atoms with Crippen molar-refractivity contribution in [3.05, 3.63) is 42.5 Å². The molecule has 2 nitrogen and oxygen atoms in total. The monoisotopic (exact) mass is 315 g/mol. The van der Waals surface area contributed by atoms with Crippen molar-refractivity contribution in [3.63, 3.8) is 0 Å². The SMILES string of the molecule is CCCCCCCCCCCCC=CC(=O)Nc1ccccc1. The number of benzene rings is 1. The molecule has 2 heteroatoms. The maximum Gasteiger partial charge on any atom is 0.248 e. The zero-order valence-electron chi connectivity index (χ0n) is 14.7. The van der Waals surface area contributed by atoms with E-state index in [1.54, 1.807) is 6.08 Å². The van der Waals surface area contributed by atoms with Gasteiger partial charge in [-0.05, 0) is 31.1 Å². The first-order chi connectivity index (χ1) is 11.3. The number of nitrogens with one attached hydrogen (secondary N) is 1. The van der Waals surface area contributed by atoms with Crippen molar-refractivity contribution in [1.82, 2.24) is 0 Å². The van der Waals surface area contributed by atoms with Crippen LogP contribution >= 0.6 is 0 Å². The van der Waals surface area contributed by atoms with Gasteiger partial charge in [-0.3, -0.25) is 4.79 Å². The molecule has 0 aromatic heterocycles. The number of hydrogen-bond acceptors (Lipinski definition) is 1. The van der Waals surface area contributed by atoms with Crippen LogP contribution < -0.4 is 5.32 Å². The molecule has 0 unspecified atom stereocenters. The van der Waals surface area contributed by atoms with Crippen molar-refractivity contribution in [3.8, 4) is 0 Å². The predicted molar refractivity (Wildman–Crippen MR) is 101 cm³/mol. The molecule has 1 aromatic rings. The molecule has 128 valence electrons. The summed E-state index contributed by atoms with van der Waals surface area (Å²) in [6.07, 6.45) is 18.1. The molecule has 0 radical (unpaired) electrons. The van der Waals surface area contributed by atoms with E-state index in [0.717, 1.165) is 12.1 Å². The molecule has 0 saturated heterocycles. The molecule has 0 aliphatic carbocycles. The first-order valence-electron chi connectivity index (χ1n) is 9.35. The molecule has 0 saturated carbocycles. The van der Waals surface area contributed by atoms with Gasteiger partial charge in [0, 0.05) is 5.69 Å². The smallest absolute Gasteiger partial charge is 0.248 e. The average molecular weight is 316 g/mol. The number of hydrogen-bond donors (Lipinski definition) is 1. The van der Waals surface area contributed by atoms with E-state index in [-0.39, 0.29) is 5.91 Å². The molecule has 0 aliphatic rings. The summed E-state index contributed by atoms with van der Waals surface area (Å²) in [5.74, 6) is -0.0386. The second-order valence-electron chi connectivity index (χ2n) is 6.23. The fraction of sp³-hybridized carbons (Fsp3) is 0.571. The second-order valence-corrected chi connectivity index (χ2v) is 6.23. The Morgan fingerprint density at radius 1 is 0.870 bits per heavy atom. The number of unbranched alkanes of at least 4 members (excludes halogenated alkanes) is 10. The van der Waals surface area contributed by atoms with Crippen molar-refractivity contribution in [2.24, 2.45) is 0 Å². The maximum absolute atomic E-state index is 11.7. The molecule has 23 heavy (non-hydrogen) atoms. The minimum Gasteiger partial charge on any atom is -0.323 e. The lowest BCUT2D eigenvalue weighted by atomic mass is 10.1. The van der Waals surface area contributed by atoms with Gasteiger partial charge in [0.2, 0.25) is 5.91 Å². The third kappa shape index (κ3) is 11.6. The lowest BCUT2D eigenvalue weighted by molar-refractivity contribution is -0.111. The summed E-state index contributed by atoms with van der Waals surface area (Å²) in [6.45, 7) is 2.26. The van der Waals surface area contributed by atoms with E-state index in [4.69, 9.17) is 0 Å².